The molecule has 0 spiro atoms. The molecule has 2 aliphatic carbocycles. The van der Waals surface area contributed by atoms with Crippen molar-refractivity contribution in [2.45, 2.75) is 56.8 Å². The minimum absolute atomic E-state index is 0.00653. The summed E-state index contributed by atoms with van der Waals surface area (Å²) < 4.78 is 1.66. The second-order valence-corrected chi connectivity index (χ2v) is 9.29. The lowest BCUT2D eigenvalue weighted by Crippen LogP contribution is -2.28. The number of rotatable bonds is 6. The zero-order valence-electron chi connectivity index (χ0n) is 14.9. The van der Waals surface area contributed by atoms with Crippen LogP contribution >= 0.6 is 23.1 Å². The van der Waals surface area contributed by atoms with Crippen LogP contribution in [0.4, 0.5) is 0 Å². The van der Waals surface area contributed by atoms with Gasteiger partial charge in [-0.2, -0.15) is 0 Å². The van der Waals surface area contributed by atoms with Gasteiger partial charge in [0.05, 0.1) is 11.1 Å². The molecule has 1 atom stereocenters. The van der Waals surface area contributed by atoms with Crippen molar-refractivity contribution in [2.24, 2.45) is 5.92 Å². The highest BCUT2D eigenvalue weighted by Gasteiger charge is 2.26. The molecule has 26 heavy (non-hydrogen) atoms. The third kappa shape index (κ3) is 3.47. The number of allylic oxidation sites excluding steroid dienone is 1. The first kappa shape index (κ1) is 17.8. The Labute approximate surface area is 160 Å². The first-order valence-corrected chi connectivity index (χ1v) is 10.9. The maximum Gasteiger partial charge on any atom is 0.263 e. The molecule has 2 aromatic heterocycles. The van der Waals surface area contributed by atoms with Gasteiger partial charge in [-0.15, -0.1) is 17.9 Å². The van der Waals surface area contributed by atoms with Crippen LogP contribution in [0.3, 0.4) is 0 Å². The van der Waals surface area contributed by atoms with Gasteiger partial charge in [0.2, 0.25) is 5.91 Å². The van der Waals surface area contributed by atoms with Crippen molar-refractivity contribution in [1.82, 2.24) is 14.9 Å². The molecule has 1 fully saturated rings. The van der Waals surface area contributed by atoms with Gasteiger partial charge in [-0.25, -0.2) is 4.98 Å². The molecule has 0 aromatic carbocycles. The van der Waals surface area contributed by atoms with E-state index in [1.54, 1.807) is 22.0 Å². The molecule has 2 aliphatic rings. The van der Waals surface area contributed by atoms with Crippen molar-refractivity contribution >= 4 is 39.2 Å². The zero-order valence-corrected chi connectivity index (χ0v) is 16.5. The van der Waals surface area contributed by atoms with E-state index in [4.69, 9.17) is 4.98 Å². The first-order valence-electron chi connectivity index (χ1n) is 9.15. The van der Waals surface area contributed by atoms with Crippen molar-refractivity contribution in [2.75, 3.05) is 5.75 Å². The topological polar surface area (TPSA) is 64.0 Å². The molecular formula is C19H23N3O2S2. The predicted octanol–water partition coefficient (Wildman–Crippen LogP) is 3.14. The molecule has 7 heteroatoms. The average Bonchev–Trinajstić information content (AvgIpc) is 3.34. The van der Waals surface area contributed by atoms with E-state index in [9.17, 15) is 9.59 Å². The Morgan fingerprint density at radius 2 is 2.27 bits per heavy atom. The van der Waals surface area contributed by atoms with E-state index in [2.05, 4.69) is 18.8 Å². The highest BCUT2D eigenvalue weighted by atomic mass is 32.2. The third-order valence-electron chi connectivity index (χ3n) is 4.97. The van der Waals surface area contributed by atoms with Crippen molar-refractivity contribution in [3.63, 3.8) is 0 Å². The van der Waals surface area contributed by atoms with E-state index in [1.807, 2.05) is 0 Å². The van der Waals surface area contributed by atoms with Gasteiger partial charge in [0.1, 0.15) is 4.83 Å². The molecule has 1 N–H and O–H groups in total. The fourth-order valence-corrected chi connectivity index (χ4v) is 5.68. The van der Waals surface area contributed by atoms with Gasteiger partial charge in [-0.1, -0.05) is 24.8 Å². The number of hydrogen-bond donors (Lipinski definition) is 1. The standard InChI is InChI=1S/C19H23N3O2S2/c1-3-8-22-18(24)16-13-7-4-11(2)9-14(13)26-17(16)21-19(22)25-10-15(23)20-12-5-6-12/h3,11-12H,1,4-10H2,2H3,(H,20,23)/t11-/m0/s1. The molecule has 0 bridgehead atoms. The maximum absolute atomic E-state index is 13.2. The van der Waals surface area contributed by atoms with Crippen molar-refractivity contribution in [1.29, 1.82) is 0 Å². The molecule has 138 valence electrons. The van der Waals surface area contributed by atoms with Crippen LogP contribution < -0.4 is 10.9 Å². The molecule has 1 saturated carbocycles. The van der Waals surface area contributed by atoms with Crippen molar-refractivity contribution < 1.29 is 4.79 Å². The van der Waals surface area contributed by atoms with Crippen LogP contribution in [0, 0.1) is 5.92 Å². The molecule has 1 amide bonds. The number of carbonyl (C=O) groups excluding carboxylic acids is 1. The predicted molar refractivity (Wildman–Crippen MR) is 107 cm³/mol. The fourth-order valence-electron chi connectivity index (χ4n) is 3.43. The number of aryl methyl sites for hydroxylation is 1. The number of hydrogen-bond acceptors (Lipinski definition) is 5. The van der Waals surface area contributed by atoms with Crippen LogP contribution in [0.1, 0.15) is 36.6 Å². The number of carbonyl (C=O) groups is 1. The Kier molecular flexibility index (Phi) is 4.92. The highest BCUT2D eigenvalue weighted by Crippen LogP contribution is 2.36. The minimum atomic E-state index is 0.00653. The van der Waals surface area contributed by atoms with Gasteiger partial charge in [0.25, 0.3) is 5.56 Å². The number of nitrogens with one attached hydrogen (secondary N) is 1. The summed E-state index contributed by atoms with van der Waals surface area (Å²) in [6, 6.07) is 0.347. The molecule has 0 radical (unpaired) electrons. The summed E-state index contributed by atoms with van der Waals surface area (Å²) in [5.41, 5.74) is 1.20. The smallest absolute Gasteiger partial charge is 0.263 e. The third-order valence-corrected chi connectivity index (χ3v) is 7.09. The van der Waals surface area contributed by atoms with Crippen LogP contribution in [0.15, 0.2) is 22.6 Å². The Balaban J connectivity index is 1.69. The van der Waals surface area contributed by atoms with E-state index in [1.165, 1.54) is 22.2 Å². The minimum Gasteiger partial charge on any atom is -0.353 e. The van der Waals surface area contributed by atoms with Crippen LogP contribution in [0.2, 0.25) is 0 Å². The number of amides is 1. The Hall–Kier alpha value is -1.60. The lowest BCUT2D eigenvalue weighted by Gasteiger charge is -2.17. The lowest BCUT2D eigenvalue weighted by molar-refractivity contribution is -0.118. The van der Waals surface area contributed by atoms with E-state index in [-0.39, 0.29) is 17.2 Å². The Morgan fingerprint density at radius 1 is 1.46 bits per heavy atom. The summed E-state index contributed by atoms with van der Waals surface area (Å²) in [6.07, 6.45) is 6.96. The summed E-state index contributed by atoms with van der Waals surface area (Å²) in [5, 5.41) is 4.37. The summed E-state index contributed by atoms with van der Waals surface area (Å²) in [7, 11) is 0. The van der Waals surface area contributed by atoms with Gasteiger partial charge in [-0.3, -0.25) is 14.2 Å². The molecule has 2 aromatic rings. The van der Waals surface area contributed by atoms with Crippen LogP contribution in [0.5, 0.6) is 0 Å². The quantitative estimate of drug-likeness (QED) is 0.468. The van der Waals surface area contributed by atoms with Crippen LogP contribution in [-0.4, -0.2) is 27.3 Å². The number of nitrogens with zero attached hydrogens (tertiary/aromatic N) is 2. The summed E-state index contributed by atoms with van der Waals surface area (Å²) in [4.78, 5) is 32.1. The number of thioether (sulfide) groups is 1. The van der Waals surface area contributed by atoms with E-state index < -0.39 is 0 Å². The van der Waals surface area contributed by atoms with Gasteiger partial charge in [0, 0.05) is 17.5 Å². The molecule has 0 saturated heterocycles. The summed E-state index contributed by atoms with van der Waals surface area (Å²) in [5.74, 6) is 0.954. The molecule has 0 aliphatic heterocycles. The normalized spacial score (nSPS) is 19.3. The number of fused-ring (bicyclic) bond motifs is 3. The average molecular weight is 390 g/mol. The second-order valence-electron chi connectivity index (χ2n) is 7.26. The first-order chi connectivity index (χ1) is 12.6. The highest BCUT2D eigenvalue weighted by molar-refractivity contribution is 7.99. The summed E-state index contributed by atoms with van der Waals surface area (Å²) in [6.45, 7) is 6.45. The number of thiophene rings is 1. The fraction of sp³-hybridized carbons (Fsp3) is 0.526. The molecule has 2 heterocycles. The van der Waals surface area contributed by atoms with Crippen molar-refractivity contribution in [3.05, 3.63) is 33.4 Å². The Morgan fingerprint density at radius 3 is 3.00 bits per heavy atom. The molecule has 4 rings (SSSR count). The van der Waals surface area contributed by atoms with Gasteiger partial charge >= 0.3 is 0 Å². The SMILES string of the molecule is C=CCn1c(SCC(=O)NC2CC2)nc2sc3c(c2c1=O)CC[C@H](C)C3. The molecule has 0 unspecified atom stereocenters. The molecular weight excluding hydrogens is 366 g/mol. The van der Waals surface area contributed by atoms with Gasteiger partial charge in [0.15, 0.2) is 5.16 Å². The van der Waals surface area contributed by atoms with E-state index in [0.717, 1.165) is 42.3 Å². The van der Waals surface area contributed by atoms with Gasteiger partial charge < -0.3 is 5.32 Å². The molecule has 5 nitrogen and oxygen atoms in total. The van der Waals surface area contributed by atoms with Crippen molar-refractivity contribution in [3.8, 4) is 0 Å². The largest absolute Gasteiger partial charge is 0.353 e. The van der Waals surface area contributed by atoms with E-state index in [0.29, 0.717) is 23.7 Å². The Bertz CT molecular complexity index is 927. The van der Waals surface area contributed by atoms with Crippen LogP contribution in [0.25, 0.3) is 10.2 Å². The summed E-state index contributed by atoms with van der Waals surface area (Å²) >= 11 is 2.99. The maximum atomic E-state index is 13.2. The number of aromatic nitrogens is 2. The van der Waals surface area contributed by atoms with Crippen LogP contribution in [-0.2, 0) is 24.2 Å². The zero-order chi connectivity index (χ0) is 18.3. The van der Waals surface area contributed by atoms with E-state index >= 15 is 0 Å². The monoisotopic (exact) mass is 389 g/mol. The second kappa shape index (κ2) is 7.19. The van der Waals surface area contributed by atoms with Gasteiger partial charge in [-0.05, 0) is 43.6 Å². The lowest BCUT2D eigenvalue weighted by atomic mass is 9.89.